The quantitative estimate of drug-likeness (QED) is 0.797. The van der Waals surface area contributed by atoms with Gasteiger partial charge in [0.2, 0.25) is 0 Å². The minimum absolute atomic E-state index is 0.00914. The van der Waals surface area contributed by atoms with Crippen LogP contribution in [0.4, 0.5) is 5.69 Å². The van der Waals surface area contributed by atoms with Crippen molar-refractivity contribution >= 4 is 23.4 Å². The number of benzene rings is 1. The Morgan fingerprint density at radius 2 is 1.50 bits per heavy atom. The lowest BCUT2D eigenvalue weighted by molar-refractivity contribution is -0.136. The number of amides is 3. The molecule has 1 aliphatic heterocycles. The number of anilines is 1. The standard InChI is InChI=1S/C21H24N4O3/c26-19(23-15-16-9-11-22-12-10-16)20(27)24-18-7-5-17(6-8-18)21(28)25-13-3-1-2-4-14-25/h5-12H,1-4,13-15H2,(H,23,26)(H,24,27). The molecule has 0 aliphatic carbocycles. The Labute approximate surface area is 164 Å². The monoisotopic (exact) mass is 380 g/mol. The average Bonchev–Trinajstić information content (AvgIpc) is 3.02. The van der Waals surface area contributed by atoms with E-state index in [1.165, 1.54) is 0 Å². The van der Waals surface area contributed by atoms with Crippen LogP contribution in [0.15, 0.2) is 48.8 Å². The molecule has 0 spiro atoms. The van der Waals surface area contributed by atoms with Crippen LogP contribution in [-0.4, -0.2) is 40.7 Å². The minimum atomic E-state index is -0.749. The van der Waals surface area contributed by atoms with Crippen molar-refractivity contribution in [3.05, 3.63) is 59.9 Å². The zero-order valence-electron chi connectivity index (χ0n) is 15.7. The predicted molar refractivity (Wildman–Crippen MR) is 106 cm³/mol. The van der Waals surface area contributed by atoms with Crippen molar-refractivity contribution in [2.75, 3.05) is 18.4 Å². The van der Waals surface area contributed by atoms with E-state index in [2.05, 4.69) is 15.6 Å². The zero-order valence-corrected chi connectivity index (χ0v) is 15.7. The van der Waals surface area contributed by atoms with Crippen LogP contribution >= 0.6 is 0 Å². The molecule has 28 heavy (non-hydrogen) atoms. The molecule has 1 aromatic carbocycles. The normalized spacial score (nSPS) is 14.1. The fraction of sp³-hybridized carbons (Fsp3) is 0.333. The lowest BCUT2D eigenvalue weighted by Crippen LogP contribution is -2.35. The molecule has 1 aliphatic rings. The number of carbonyl (C=O) groups excluding carboxylic acids is 3. The zero-order chi connectivity index (χ0) is 19.8. The van der Waals surface area contributed by atoms with E-state index < -0.39 is 11.8 Å². The maximum Gasteiger partial charge on any atom is 0.313 e. The number of carbonyl (C=O) groups is 3. The number of nitrogens with zero attached hydrogens (tertiary/aromatic N) is 2. The number of pyridine rings is 1. The molecule has 2 aromatic rings. The predicted octanol–water partition coefficient (Wildman–Crippen LogP) is 2.35. The van der Waals surface area contributed by atoms with Gasteiger partial charge in [0.15, 0.2) is 0 Å². The maximum atomic E-state index is 12.6. The number of nitrogens with one attached hydrogen (secondary N) is 2. The van der Waals surface area contributed by atoms with Gasteiger partial charge in [-0.2, -0.15) is 0 Å². The highest BCUT2D eigenvalue weighted by atomic mass is 16.2. The van der Waals surface area contributed by atoms with E-state index >= 15 is 0 Å². The highest BCUT2D eigenvalue weighted by molar-refractivity contribution is 6.39. The van der Waals surface area contributed by atoms with Gasteiger partial charge in [0, 0.05) is 43.3 Å². The maximum absolute atomic E-state index is 12.6. The lowest BCUT2D eigenvalue weighted by atomic mass is 10.1. The molecule has 0 unspecified atom stereocenters. The molecule has 7 nitrogen and oxygen atoms in total. The second-order valence-corrected chi connectivity index (χ2v) is 6.78. The number of hydrogen-bond donors (Lipinski definition) is 2. The van der Waals surface area contributed by atoms with E-state index in [0.717, 1.165) is 44.3 Å². The number of likely N-dealkylation sites (tertiary alicyclic amines) is 1. The minimum Gasteiger partial charge on any atom is -0.344 e. The molecule has 7 heteroatoms. The highest BCUT2D eigenvalue weighted by Gasteiger charge is 2.18. The molecule has 0 atom stereocenters. The summed E-state index contributed by atoms with van der Waals surface area (Å²) < 4.78 is 0. The van der Waals surface area contributed by atoms with Gasteiger partial charge in [-0.3, -0.25) is 19.4 Å². The van der Waals surface area contributed by atoms with Crippen LogP contribution in [-0.2, 0) is 16.1 Å². The Hall–Kier alpha value is -3.22. The topological polar surface area (TPSA) is 91.4 Å². The van der Waals surface area contributed by atoms with E-state index in [0.29, 0.717) is 11.3 Å². The van der Waals surface area contributed by atoms with Crippen LogP contribution in [0.3, 0.4) is 0 Å². The molecule has 3 rings (SSSR count). The molecule has 0 saturated carbocycles. The third kappa shape index (κ3) is 5.39. The summed E-state index contributed by atoms with van der Waals surface area (Å²) in [6, 6.07) is 10.2. The first-order valence-electron chi connectivity index (χ1n) is 9.51. The number of hydrogen-bond acceptors (Lipinski definition) is 4. The smallest absolute Gasteiger partial charge is 0.313 e. The van der Waals surface area contributed by atoms with Gasteiger partial charge in [-0.25, -0.2) is 0 Å². The molecule has 1 saturated heterocycles. The lowest BCUT2D eigenvalue weighted by Gasteiger charge is -2.20. The Morgan fingerprint density at radius 3 is 2.14 bits per heavy atom. The summed E-state index contributed by atoms with van der Waals surface area (Å²) >= 11 is 0. The Bertz CT molecular complexity index is 813. The molecule has 2 N–H and O–H groups in total. The Kier molecular flexibility index (Phi) is 6.73. The third-order valence-corrected chi connectivity index (χ3v) is 4.69. The van der Waals surface area contributed by atoms with Gasteiger partial charge >= 0.3 is 11.8 Å². The van der Waals surface area contributed by atoms with Crippen molar-refractivity contribution in [2.24, 2.45) is 0 Å². The summed E-state index contributed by atoms with van der Waals surface area (Å²) in [5.74, 6) is -1.46. The molecule has 3 amide bonds. The number of aromatic nitrogens is 1. The van der Waals surface area contributed by atoms with Crippen molar-refractivity contribution in [3.8, 4) is 0 Å². The van der Waals surface area contributed by atoms with E-state index in [1.54, 1.807) is 48.8 Å². The van der Waals surface area contributed by atoms with Crippen LogP contribution in [0.25, 0.3) is 0 Å². The first kappa shape index (κ1) is 19.5. The highest BCUT2D eigenvalue weighted by Crippen LogP contribution is 2.15. The molecule has 1 fully saturated rings. The Balaban J connectivity index is 1.52. The molecule has 2 heterocycles. The summed E-state index contributed by atoms with van der Waals surface area (Å²) in [7, 11) is 0. The summed E-state index contributed by atoms with van der Waals surface area (Å²) in [5, 5.41) is 5.10. The van der Waals surface area contributed by atoms with Gasteiger partial charge < -0.3 is 15.5 Å². The van der Waals surface area contributed by atoms with Crippen molar-refractivity contribution < 1.29 is 14.4 Å². The SMILES string of the molecule is O=C(NCc1ccncc1)C(=O)Nc1ccc(C(=O)N2CCCCCC2)cc1. The summed E-state index contributed by atoms with van der Waals surface area (Å²) in [6.07, 6.45) is 7.64. The van der Waals surface area contributed by atoms with E-state index in [1.807, 2.05) is 4.90 Å². The van der Waals surface area contributed by atoms with Crippen molar-refractivity contribution in [1.82, 2.24) is 15.2 Å². The van der Waals surface area contributed by atoms with Gasteiger partial charge in [-0.05, 0) is 54.8 Å². The molecular weight excluding hydrogens is 356 g/mol. The van der Waals surface area contributed by atoms with Gasteiger partial charge in [0.1, 0.15) is 0 Å². The molecule has 1 aromatic heterocycles. The molecule has 146 valence electrons. The van der Waals surface area contributed by atoms with Crippen molar-refractivity contribution in [2.45, 2.75) is 32.2 Å². The van der Waals surface area contributed by atoms with Gasteiger partial charge in [0.05, 0.1) is 0 Å². The van der Waals surface area contributed by atoms with Gasteiger partial charge in [-0.15, -0.1) is 0 Å². The van der Waals surface area contributed by atoms with Crippen molar-refractivity contribution in [3.63, 3.8) is 0 Å². The first-order valence-corrected chi connectivity index (χ1v) is 9.51. The third-order valence-electron chi connectivity index (χ3n) is 4.69. The van der Waals surface area contributed by atoms with E-state index in [4.69, 9.17) is 0 Å². The first-order chi connectivity index (χ1) is 13.6. The summed E-state index contributed by atoms with van der Waals surface area (Å²) in [6.45, 7) is 1.82. The van der Waals surface area contributed by atoms with E-state index in [9.17, 15) is 14.4 Å². The largest absolute Gasteiger partial charge is 0.344 e. The molecule has 0 radical (unpaired) electrons. The van der Waals surface area contributed by atoms with Crippen LogP contribution in [0.1, 0.15) is 41.6 Å². The van der Waals surface area contributed by atoms with Crippen molar-refractivity contribution in [1.29, 1.82) is 0 Å². The number of rotatable bonds is 4. The average molecular weight is 380 g/mol. The van der Waals surface area contributed by atoms with Crippen LogP contribution in [0.2, 0.25) is 0 Å². The molecular formula is C21H24N4O3. The second kappa shape index (κ2) is 9.64. The summed E-state index contributed by atoms with van der Waals surface area (Å²) in [4.78, 5) is 42.3. The fourth-order valence-corrected chi connectivity index (χ4v) is 3.10. The van der Waals surface area contributed by atoms with Gasteiger partial charge in [0.25, 0.3) is 5.91 Å². The van der Waals surface area contributed by atoms with E-state index in [-0.39, 0.29) is 12.5 Å². The fourth-order valence-electron chi connectivity index (χ4n) is 3.10. The van der Waals surface area contributed by atoms with Crippen LogP contribution < -0.4 is 10.6 Å². The van der Waals surface area contributed by atoms with Crippen LogP contribution in [0.5, 0.6) is 0 Å². The molecule has 0 bridgehead atoms. The second-order valence-electron chi connectivity index (χ2n) is 6.78. The summed E-state index contributed by atoms with van der Waals surface area (Å²) in [5.41, 5.74) is 1.91. The Morgan fingerprint density at radius 1 is 0.857 bits per heavy atom. The van der Waals surface area contributed by atoms with Crippen LogP contribution in [0, 0.1) is 0 Å². The van der Waals surface area contributed by atoms with Gasteiger partial charge in [-0.1, -0.05) is 12.8 Å².